The molecule has 1 aliphatic rings. The van der Waals surface area contributed by atoms with E-state index >= 15 is 0 Å². The molecule has 4 aromatic rings. The molecular formula is C21H22F3N9O7S3. The Balaban J connectivity index is 0.000000541. The summed E-state index contributed by atoms with van der Waals surface area (Å²) in [5.74, 6) is -2.92. The number of fused-ring (bicyclic) bond motifs is 1. The first-order chi connectivity index (χ1) is 20.0. The number of nitrogens with one attached hydrogen (secondary N) is 3. The van der Waals surface area contributed by atoms with Crippen LogP contribution in [0.3, 0.4) is 0 Å². The number of nitrogens with two attached hydrogens (primary N) is 2. The summed E-state index contributed by atoms with van der Waals surface area (Å²) in [6.45, 7) is 0.727. The summed E-state index contributed by atoms with van der Waals surface area (Å²) in [6, 6.07) is 7.27. The molecule has 0 bridgehead atoms. The Bertz CT molecular complexity index is 1870. The van der Waals surface area contributed by atoms with Crippen LogP contribution in [0.2, 0.25) is 0 Å². The zero-order valence-electron chi connectivity index (χ0n) is 21.7. The SMILES string of the molecule is CO[C@H]1CNC[C@@H]1NS(=O)(=O)c1ccc(-c2cccc3sc(N)nc23)c(-c2nn[nH]n2)c1S(N)(=O)=O.O=C(O)C(F)(F)F. The van der Waals surface area contributed by atoms with Crippen molar-refractivity contribution in [2.75, 3.05) is 25.9 Å². The van der Waals surface area contributed by atoms with Crippen LogP contribution in [0, 0.1) is 0 Å². The summed E-state index contributed by atoms with van der Waals surface area (Å²) >= 11 is 1.25. The Kier molecular flexibility index (Phi) is 9.01. The van der Waals surface area contributed by atoms with Crippen molar-refractivity contribution >= 4 is 52.7 Å². The molecule has 43 heavy (non-hydrogen) atoms. The van der Waals surface area contributed by atoms with E-state index in [1.807, 2.05) is 6.07 Å². The minimum atomic E-state index is -5.08. The van der Waals surface area contributed by atoms with Crippen LogP contribution < -0.4 is 20.9 Å². The van der Waals surface area contributed by atoms with Crippen molar-refractivity contribution in [2.45, 2.75) is 28.1 Å². The zero-order chi connectivity index (χ0) is 31.7. The molecule has 0 amide bonds. The Morgan fingerprint density at radius 2 is 1.86 bits per heavy atom. The molecule has 0 unspecified atom stereocenters. The highest BCUT2D eigenvalue weighted by Crippen LogP contribution is 2.42. The van der Waals surface area contributed by atoms with Gasteiger partial charge in [-0.2, -0.15) is 18.4 Å². The second-order valence-electron chi connectivity index (χ2n) is 8.76. The fourth-order valence-electron chi connectivity index (χ4n) is 4.24. The lowest BCUT2D eigenvalue weighted by atomic mass is 9.98. The molecule has 1 saturated heterocycles. The number of H-pyrrole nitrogens is 1. The first kappa shape index (κ1) is 32.1. The highest BCUT2D eigenvalue weighted by Gasteiger charge is 2.38. The van der Waals surface area contributed by atoms with Gasteiger partial charge in [0.2, 0.25) is 25.9 Å². The first-order valence-electron chi connectivity index (χ1n) is 11.7. The molecule has 2 aromatic heterocycles. The molecule has 1 fully saturated rings. The van der Waals surface area contributed by atoms with E-state index in [0.717, 1.165) is 4.70 Å². The number of benzene rings is 2. The maximum absolute atomic E-state index is 13.5. The summed E-state index contributed by atoms with van der Waals surface area (Å²) < 4.78 is 93.2. The van der Waals surface area contributed by atoms with E-state index in [9.17, 15) is 30.0 Å². The van der Waals surface area contributed by atoms with Crippen molar-refractivity contribution in [1.29, 1.82) is 0 Å². The van der Waals surface area contributed by atoms with Gasteiger partial charge in [-0.3, -0.25) is 0 Å². The molecular weight excluding hydrogens is 643 g/mol. The lowest BCUT2D eigenvalue weighted by Gasteiger charge is -2.21. The maximum atomic E-state index is 13.5. The number of rotatable bonds is 7. The number of thiazole rings is 1. The molecule has 232 valence electrons. The van der Waals surface area contributed by atoms with Gasteiger partial charge in [0.25, 0.3) is 0 Å². The second kappa shape index (κ2) is 12.1. The molecule has 8 N–H and O–H groups in total. The van der Waals surface area contributed by atoms with Crippen molar-refractivity contribution in [2.24, 2.45) is 5.14 Å². The van der Waals surface area contributed by atoms with Gasteiger partial charge in [0, 0.05) is 25.8 Å². The number of carbonyl (C=O) groups is 1. The molecule has 2 atom stereocenters. The highest BCUT2D eigenvalue weighted by atomic mass is 32.2. The summed E-state index contributed by atoms with van der Waals surface area (Å²) in [6.07, 6.45) is -5.53. The standard InChI is InChI=1S/C19H21N9O5S3.C2HF3O2/c1-33-12-8-22-7-11(12)26-36(31,32)14-6-5-9(10-3-2-4-13-16(10)23-19(20)34-13)15(17(14)35(21,29)30)18-24-27-28-25-18;3-2(4,5)1(6)7/h2-6,11-12,22,26H,7-8H2,1H3,(H2,20,23)(H2,21,29,30)(H,24,25,27,28);(H,6,7)/t11-,12-;/m0./s1. The number of carboxylic acids is 1. The monoisotopic (exact) mass is 665 g/mol. The largest absolute Gasteiger partial charge is 0.490 e. The third-order valence-corrected chi connectivity index (χ3v) is 9.50. The second-order valence-corrected chi connectivity index (χ2v) is 13.0. The third-order valence-electron chi connectivity index (χ3n) is 6.00. The average molecular weight is 666 g/mol. The number of hydrogen-bond donors (Lipinski definition) is 6. The maximum Gasteiger partial charge on any atom is 0.490 e. The highest BCUT2D eigenvalue weighted by molar-refractivity contribution is 7.92. The van der Waals surface area contributed by atoms with Crippen molar-refractivity contribution in [3.63, 3.8) is 0 Å². The normalized spacial score (nSPS) is 17.5. The number of tetrazole rings is 1. The van der Waals surface area contributed by atoms with Gasteiger partial charge in [0.15, 0.2) is 5.13 Å². The number of methoxy groups -OCH3 is 1. The number of aromatic nitrogens is 5. The number of hydrogen-bond acceptors (Lipinski definition) is 13. The number of aromatic amines is 1. The Labute approximate surface area is 244 Å². The molecule has 16 nitrogen and oxygen atoms in total. The van der Waals surface area contributed by atoms with Crippen molar-refractivity contribution in [1.82, 2.24) is 35.6 Å². The molecule has 0 saturated carbocycles. The number of para-hydroxylation sites is 1. The van der Waals surface area contributed by atoms with E-state index in [4.69, 9.17) is 25.5 Å². The van der Waals surface area contributed by atoms with Crippen LogP contribution in [-0.4, -0.2) is 92.0 Å². The van der Waals surface area contributed by atoms with Gasteiger partial charge in [-0.05, 0) is 22.9 Å². The third kappa shape index (κ3) is 6.90. The molecule has 2 aromatic carbocycles. The van der Waals surface area contributed by atoms with Crippen LogP contribution in [0.15, 0.2) is 40.1 Å². The zero-order valence-corrected chi connectivity index (χ0v) is 24.1. The predicted octanol–water partition coefficient (Wildman–Crippen LogP) is 0.271. The van der Waals surface area contributed by atoms with E-state index in [2.05, 4.69) is 35.6 Å². The van der Waals surface area contributed by atoms with Gasteiger partial charge in [-0.15, -0.1) is 10.2 Å². The van der Waals surface area contributed by atoms with E-state index < -0.39 is 54.1 Å². The van der Waals surface area contributed by atoms with Crippen LogP contribution in [-0.2, 0) is 29.6 Å². The summed E-state index contributed by atoms with van der Waals surface area (Å²) in [4.78, 5) is 12.0. The molecule has 22 heteroatoms. The topological polar surface area (TPSA) is 258 Å². The fourth-order valence-corrected chi connectivity index (χ4v) is 7.86. The van der Waals surface area contributed by atoms with Crippen molar-refractivity contribution in [3.8, 4) is 22.5 Å². The van der Waals surface area contributed by atoms with Crippen LogP contribution in [0.4, 0.5) is 18.3 Å². The Morgan fingerprint density at radius 3 is 2.44 bits per heavy atom. The van der Waals surface area contributed by atoms with Gasteiger partial charge < -0.3 is 20.9 Å². The number of anilines is 1. The van der Waals surface area contributed by atoms with Crippen molar-refractivity contribution in [3.05, 3.63) is 30.3 Å². The minimum absolute atomic E-state index is 0.138. The molecule has 0 radical (unpaired) electrons. The lowest BCUT2D eigenvalue weighted by Crippen LogP contribution is -2.43. The Hall–Kier alpha value is -3.80. The van der Waals surface area contributed by atoms with Crippen LogP contribution in [0.25, 0.3) is 32.7 Å². The van der Waals surface area contributed by atoms with Crippen molar-refractivity contribution < 1.29 is 44.6 Å². The molecule has 1 aliphatic heterocycles. The van der Waals surface area contributed by atoms with E-state index in [-0.39, 0.29) is 17.0 Å². The van der Waals surface area contributed by atoms with Crippen LogP contribution in [0.5, 0.6) is 0 Å². The number of nitrogens with zero attached hydrogens (tertiary/aromatic N) is 4. The predicted molar refractivity (Wildman–Crippen MR) is 145 cm³/mol. The fraction of sp³-hybridized carbons (Fsp3) is 0.286. The molecule has 5 rings (SSSR count). The number of sulfonamides is 2. The molecule has 3 heterocycles. The molecule has 0 aliphatic carbocycles. The number of ether oxygens (including phenoxy) is 1. The number of nitrogen functional groups attached to an aromatic ring is 1. The summed E-state index contributed by atoms with van der Waals surface area (Å²) in [5.41, 5.74) is 7.03. The molecule has 0 spiro atoms. The Morgan fingerprint density at radius 1 is 1.16 bits per heavy atom. The average Bonchev–Trinajstić information content (AvgIpc) is 3.67. The van der Waals surface area contributed by atoms with E-state index in [1.54, 1.807) is 12.1 Å². The van der Waals surface area contributed by atoms with Gasteiger partial charge in [-0.1, -0.05) is 29.5 Å². The smallest absolute Gasteiger partial charge is 0.475 e. The van der Waals surface area contributed by atoms with E-state index in [1.165, 1.54) is 30.6 Å². The van der Waals surface area contributed by atoms with Crippen LogP contribution in [0.1, 0.15) is 0 Å². The number of aliphatic carboxylic acids is 1. The quantitative estimate of drug-likeness (QED) is 0.155. The summed E-state index contributed by atoms with van der Waals surface area (Å²) in [5, 5.41) is 29.7. The number of carboxylic acid groups (broad SMARTS) is 1. The van der Waals surface area contributed by atoms with E-state index in [0.29, 0.717) is 29.3 Å². The number of alkyl halides is 3. The summed E-state index contributed by atoms with van der Waals surface area (Å²) in [7, 11) is -7.57. The lowest BCUT2D eigenvalue weighted by molar-refractivity contribution is -0.192. The number of halogens is 3. The first-order valence-corrected chi connectivity index (χ1v) is 15.5. The minimum Gasteiger partial charge on any atom is -0.475 e. The van der Waals surface area contributed by atoms with Gasteiger partial charge in [0.1, 0.15) is 9.79 Å². The van der Waals surface area contributed by atoms with Gasteiger partial charge in [0.05, 0.1) is 27.9 Å². The van der Waals surface area contributed by atoms with Gasteiger partial charge in [-0.25, -0.2) is 36.5 Å². The van der Waals surface area contributed by atoms with Gasteiger partial charge >= 0.3 is 12.1 Å². The van der Waals surface area contributed by atoms with Crippen LogP contribution >= 0.6 is 11.3 Å². The number of primary sulfonamides is 1.